The lowest BCUT2D eigenvalue weighted by molar-refractivity contribution is 0.243. The molecule has 26 heavy (non-hydrogen) atoms. The summed E-state index contributed by atoms with van der Waals surface area (Å²) in [6.45, 7) is 4.21. The van der Waals surface area contributed by atoms with Crippen LogP contribution in [0.2, 0.25) is 0 Å². The van der Waals surface area contributed by atoms with Crippen LogP contribution in [0.5, 0.6) is 5.75 Å². The number of rotatable bonds is 5. The van der Waals surface area contributed by atoms with Gasteiger partial charge >= 0.3 is 0 Å². The predicted octanol–water partition coefficient (Wildman–Crippen LogP) is 3.66. The summed E-state index contributed by atoms with van der Waals surface area (Å²) < 4.78 is 5.58. The lowest BCUT2D eigenvalue weighted by Gasteiger charge is -2.23. The Bertz CT molecular complexity index is 952. The van der Waals surface area contributed by atoms with Crippen LogP contribution in [0.15, 0.2) is 53.5 Å². The van der Waals surface area contributed by atoms with Gasteiger partial charge in [0.05, 0.1) is 18.3 Å². The molecule has 0 unspecified atom stereocenters. The highest BCUT2D eigenvalue weighted by Crippen LogP contribution is 2.31. The number of pyridine rings is 2. The highest BCUT2D eigenvalue weighted by Gasteiger charge is 2.27. The molecule has 1 fully saturated rings. The van der Waals surface area contributed by atoms with Crippen LogP contribution in [0.3, 0.4) is 0 Å². The maximum Gasteiger partial charge on any atom is 0.252 e. The number of likely N-dealkylation sites (tertiary alicyclic amines) is 1. The van der Waals surface area contributed by atoms with E-state index in [1.54, 1.807) is 0 Å². The van der Waals surface area contributed by atoms with Gasteiger partial charge in [-0.1, -0.05) is 6.07 Å². The second-order valence-electron chi connectivity index (χ2n) is 6.69. The van der Waals surface area contributed by atoms with Crippen LogP contribution in [-0.4, -0.2) is 28.0 Å². The van der Waals surface area contributed by atoms with Crippen molar-refractivity contribution in [3.8, 4) is 5.75 Å². The number of nitrogens with one attached hydrogen (secondary N) is 1. The second-order valence-corrected chi connectivity index (χ2v) is 6.69. The maximum atomic E-state index is 12.5. The Hall–Kier alpha value is -2.66. The second kappa shape index (κ2) is 7.30. The minimum absolute atomic E-state index is 0.0201. The molecule has 3 aromatic rings. The third-order valence-electron chi connectivity index (χ3n) is 4.97. The third-order valence-corrected chi connectivity index (χ3v) is 4.97. The predicted molar refractivity (Wildman–Crippen MR) is 102 cm³/mol. The van der Waals surface area contributed by atoms with Crippen molar-refractivity contribution in [1.82, 2.24) is 14.9 Å². The van der Waals surface area contributed by atoms with Crippen molar-refractivity contribution in [2.75, 3.05) is 13.2 Å². The first-order valence-corrected chi connectivity index (χ1v) is 9.18. The molecule has 0 radical (unpaired) electrons. The van der Waals surface area contributed by atoms with Crippen LogP contribution < -0.4 is 10.3 Å². The van der Waals surface area contributed by atoms with E-state index in [0.717, 1.165) is 47.3 Å². The van der Waals surface area contributed by atoms with Crippen molar-refractivity contribution >= 4 is 10.9 Å². The molecule has 1 aliphatic rings. The van der Waals surface area contributed by atoms with Gasteiger partial charge in [0.1, 0.15) is 5.75 Å². The molecule has 3 heterocycles. The molecular weight excluding hydrogens is 326 g/mol. The summed E-state index contributed by atoms with van der Waals surface area (Å²) in [5.74, 6) is 0.825. The summed E-state index contributed by atoms with van der Waals surface area (Å²) in [4.78, 5) is 22.4. The zero-order valence-electron chi connectivity index (χ0n) is 14.9. The number of benzene rings is 1. The number of hydrogen-bond donors (Lipinski definition) is 1. The quantitative estimate of drug-likeness (QED) is 0.764. The van der Waals surface area contributed by atoms with Gasteiger partial charge in [-0.25, -0.2) is 0 Å². The van der Waals surface area contributed by atoms with Crippen LogP contribution in [0.1, 0.15) is 37.1 Å². The highest BCUT2D eigenvalue weighted by molar-refractivity contribution is 5.80. The smallest absolute Gasteiger partial charge is 0.252 e. The molecule has 0 amide bonds. The Labute approximate surface area is 152 Å². The first kappa shape index (κ1) is 16.8. The molecule has 1 aliphatic heterocycles. The Kier molecular flexibility index (Phi) is 4.71. The molecule has 5 nitrogen and oxygen atoms in total. The fraction of sp³-hybridized carbons (Fsp3) is 0.333. The van der Waals surface area contributed by atoms with Crippen molar-refractivity contribution < 1.29 is 4.74 Å². The zero-order chi connectivity index (χ0) is 17.9. The summed E-state index contributed by atoms with van der Waals surface area (Å²) >= 11 is 0. The molecule has 0 spiro atoms. The van der Waals surface area contributed by atoms with Crippen molar-refractivity contribution in [2.24, 2.45) is 0 Å². The van der Waals surface area contributed by atoms with Crippen molar-refractivity contribution in [1.29, 1.82) is 0 Å². The Balaban J connectivity index is 1.63. The Morgan fingerprint density at radius 1 is 1.27 bits per heavy atom. The number of hydrogen-bond acceptors (Lipinski definition) is 4. The van der Waals surface area contributed by atoms with Crippen LogP contribution in [-0.2, 0) is 6.54 Å². The van der Waals surface area contributed by atoms with E-state index in [1.807, 2.05) is 49.5 Å². The first-order valence-electron chi connectivity index (χ1n) is 9.18. The number of ether oxygens (including phenoxy) is 1. The van der Waals surface area contributed by atoms with Gasteiger partial charge in [-0.05, 0) is 62.7 Å². The van der Waals surface area contributed by atoms with E-state index in [0.29, 0.717) is 13.2 Å². The molecule has 0 bridgehead atoms. The summed E-state index contributed by atoms with van der Waals surface area (Å²) in [7, 11) is 0. The molecule has 1 atom stereocenters. The molecule has 1 N–H and O–H groups in total. The van der Waals surface area contributed by atoms with Crippen LogP contribution in [0.4, 0.5) is 0 Å². The highest BCUT2D eigenvalue weighted by atomic mass is 16.5. The third kappa shape index (κ3) is 3.35. The molecule has 1 saturated heterocycles. The zero-order valence-corrected chi connectivity index (χ0v) is 14.9. The SMILES string of the molecule is CCOc1ccc2[nH]c(=O)c(CN3CCC[C@@H]3c3ccccn3)cc2c1. The summed E-state index contributed by atoms with van der Waals surface area (Å²) in [5, 5.41) is 0.999. The molecule has 1 aromatic carbocycles. The molecule has 0 saturated carbocycles. The van der Waals surface area contributed by atoms with Gasteiger partial charge in [0.25, 0.3) is 5.56 Å². The number of fused-ring (bicyclic) bond motifs is 1. The standard InChI is InChI=1S/C21H23N3O2/c1-2-26-17-8-9-18-15(13-17)12-16(21(25)23-18)14-24-11-5-7-20(24)19-6-3-4-10-22-19/h3-4,6,8-10,12-13,20H,2,5,7,11,14H2,1H3,(H,23,25)/t20-/m1/s1. The van der Waals surface area contributed by atoms with E-state index in [2.05, 4.69) is 20.9 Å². The van der Waals surface area contributed by atoms with Crippen molar-refractivity contribution in [2.45, 2.75) is 32.4 Å². The average molecular weight is 349 g/mol. The molecule has 2 aromatic heterocycles. The van der Waals surface area contributed by atoms with E-state index in [1.165, 1.54) is 0 Å². The molecule has 4 rings (SSSR count). The van der Waals surface area contributed by atoms with Gasteiger partial charge in [0.2, 0.25) is 0 Å². The molecule has 5 heteroatoms. The summed E-state index contributed by atoms with van der Waals surface area (Å²) in [6.07, 6.45) is 4.04. The van der Waals surface area contributed by atoms with Gasteiger partial charge in [0.15, 0.2) is 0 Å². The topological polar surface area (TPSA) is 58.2 Å². The van der Waals surface area contributed by atoms with Crippen LogP contribution >= 0.6 is 0 Å². The van der Waals surface area contributed by atoms with Gasteiger partial charge in [-0.2, -0.15) is 0 Å². The van der Waals surface area contributed by atoms with Gasteiger partial charge in [-0.3, -0.25) is 14.7 Å². The van der Waals surface area contributed by atoms with Crippen molar-refractivity contribution in [3.05, 3.63) is 70.3 Å². The minimum atomic E-state index is -0.0201. The van der Waals surface area contributed by atoms with Crippen molar-refractivity contribution in [3.63, 3.8) is 0 Å². The van der Waals surface area contributed by atoms with Crippen LogP contribution in [0, 0.1) is 0 Å². The van der Waals surface area contributed by atoms with Gasteiger partial charge in [-0.15, -0.1) is 0 Å². The number of H-pyrrole nitrogens is 1. The lowest BCUT2D eigenvalue weighted by atomic mass is 10.1. The normalized spacial score (nSPS) is 17.7. The van der Waals surface area contributed by atoms with E-state index in [9.17, 15) is 4.79 Å². The number of aromatic amines is 1. The summed E-state index contributed by atoms with van der Waals surface area (Å²) in [5.41, 5.74) is 2.69. The van der Waals surface area contributed by atoms with E-state index < -0.39 is 0 Å². The monoisotopic (exact) mass is 349 g/mol. The largest absolute Gasteiger partial charge is 0.494 e. The number of nitrogens with zero attached hydrogens (tertiary/aromatic N) is 2. The van der Waals surface area contributed by atoms with E-state index in [-0.39, 0.29) is 11.6 Å². The minimum Gasteiger partial charge on any atom is -0.494 e. The maximum absolute atomic E-state index is 12.5. The average Bonchev–Trinajstić information content (AvgIpc) is 3.12. The van der Waals surface area contributed by atoms with Gasteiger partial charge in [0, 0.05) is 29.2 Å². The van der Waals surface area contributed by atoms with Crippen LogP contribution in [0.25, 0.3) is 10.9 Å². The van der Waals surface area contributed by atoms with E-state index in [4.69, 9.17) is 4.74 Å². The lowest BCUT2D eigenvalue weighted by Crippen LogP contribution is -2.27. The molecule has 0 aliphatic carbocycles. The van der Waals surface area contributed by atoms with E-state index >= 15 is 0 Å². The first-order chi connectivity index (χ1) is 12.7. The fourth-order valence-electron chi connectivity index (χ4n) is 3.75. The van der Waals surface area contributed by atoms with Gasteiger partial charge < -0.3 is 9.72 Å². The molecule has 134 valence electrons. The Morgan fingerprint density at radius 2 is 2.19 bits per heavy atom. The Morgan fingerprint density at radius 3 is 3.00 bits per heavy atom. The fourth-order valence-corrected chi connectivity index (χ4v) is 3.75. The summed E-state index contributed by atoms with van der Waals surface area (Å²) in [6, 6.07) is 14.1. The molecular formula is C21H23N3O2. The number of aromatic nitrogens is 2.